The van der Waals surface area contributed by atoms with Crippen LogP contribution in [0.15, 0.2) is 0 Å². The van der Waals surface area contributed by atoms with Crippen molar-refractivity contribution >= 4 is 0 Å². The van der Waals surface area contributed by atoms with Gasteiger partial charge in [-0.15, -0.1) is 0 Å². The number of hydrogen-bond donors (Lipinski definition) is 1. The van der Waals surface area contributed by atoms with Gasteiger partial charge in [0.2, 0.25) is 0 Å². The molecule has 1 saturated carbocycles. The van der Waals surface area contributed by atoms with Crippen molar-refractivity contribution in [2.45, 2.75) is 57.0 Å². The van der Waals surface area contributed by atoms with Crippen LogP contribution in [0.5, 0.6) is 0 Å². The Morgan fingerprint density at radius 1 is 0.889 bits per heavy atom. The van der Waals surface area contributed by atoms with E-state index in [0.717, 1.165) is 18.5 Å². The molecule has 3 rings (SSSR count). The van der Waals surface area contributed by atoms with Gasteiger partial charge in [-0.1, -0.05) is 6.42 Å². The normalized spacial score (nSPS) is 30.5. The standard InChI is InChI=1S/C15H29N3/c16-12-15(13-4-5-13)18-10-6-14(7-11-18)17-8-2-1-3-9-17/h13-15H,1-12,16H2. The number of nitrogens with zero attached hydrogens (tertiary/aromatic N) is 2. The fourth-order valence-corrected chi connectivity index (χ4v) is 3.99. The Bertz CT molecular complexity index is 250. The molecule has 3 nitrogen and oxygen atoms in total. The highest BCUT2D eigenvalue weighted by molar-refractivity contribution is 4.92. The molecule has 104 valence electrons. The minimum absolute atomic E-state index is 0.701. The topological polar surface area (TPSA) is 32.5 Å². The number of piperidine rings is 2. The molecule has 0 radical (unpaired) electrons. The predicted molar refractivity (Wildman–Crippen MR) is 75.6 cm³/mol. The molecule has 1 unspecified atom stereocenters. The van der Waals surface area contributed by atoms with E-state index in [9.17, 15) is 0 Å². The lowest BCUT2D eigenvalue weighted by molar-refractivity contribution is 0.0684. The van der Waals surface area contributed by atoms with Crippen LogP contribution in [0.1, 0.15) is 44.9 Å². The number of nitrogens with two attached hydrogens (primary N) is 1. The second-order valence-corrected chi connectivity index (χ2v) is 6.50. The van der Waals surface area contributed by atoms with E-state index in [1.54, 1.807) is 0 Å². The summed E-state index contributed by atoms with van der Waals surface area (Å²) in [6.07, 6.45) is 9.90. The summed E-state index contributed by atoms with van der Waals surface area (Å²) in [5.41, 5.74) is 5.97. The van der Waals surface area contributed by atoms with Gasteiger partial charge in [-0.2, -0.15) is 0 Å². The average Bonchev–Trinajstić information content (AvgIpc) is 3.26. The van der Waals surface area contributed by atoms with E-state index < -0.39 is 0 Å². The van der Waals surface area contributed by atoms with E-state index in [1.807, 2.05) is 0 Å². The summed E-state index contributed by atoms with van der Waals surface area (Å²) in [4.78, 5) is 5.45. The fraction of sp³-hybridized carbons (Fsp3) is 1.00. The van der Waals surface area contributed by atoms with Gasteiger partial charge < -0.3 is 10.6 Å². The molecule has 3 heteroatoms. The van der Waals surface area contributed by atoms with E-state index in [0.29, 0.717) is 6.04 Å². The molecular weight excluding hydrogens is 222 g/mol. The van der Waals surface area contributed by atoms with Gasteiger partial charge in [0, 0.05) is 18.6 Å². The number of likely N-dealkylation sites (tertiary alicyclic amines) is 2. The molecule has 18 heavy (non-hydrogen) atoms. The number of hydrogen-bond acceptors (Lipinski definition) is 3. The monoisotopic (exact) mass is 251 g/mol. The van der Waals surface area contributed by atoms with E-state index in [-0.39, 0.29) is 0 Å². The molecule has 0 amide bonds. The third-order valence-electron chi connectivity index (χ3n) is 5.28. The first-order valence-electron chi connectivity index (χ1n) is 8.06. The maximum atomic E-state index is 5.97. The second kappa shape index (κ2) is 5.89. The summed E-state index contributed by atoms with van der Waals surface area (Å²) < 4.78 is 0. The highest BCUT2D eigenvalue weighted by Gasteiger charge is 2.36. The Morgan fingerprint density at radius 2 is 1.56 bits per heavy atom. The van der Waals surface area contributed by atoms with Crippen molar-refractivity contribution < 1.29 is 0 Å². The highest BCUT2D eigenvalue weighted by Crippen LogP contribution is 2.36. The van der Waals surface area contributed by atoms with Crippen LogP contribution in [0.25, 0.3) is 0 Å². The van der Waals surface area contributed by atoms with Crippen molar-refractivity contribution in [3.05, 3.63) is 0 Å². The number of rotatable bonds is 4. The molecule has 1 atom stereocenters. The van der Waals surface area contributed by atoms with Gasteiger partial charge in [-0.05, 0) is 70.6 Å². The van der Waals surface area contributed by atoms with Crippen molar-refractivity contribution in [1.29, 1.82) is 0 Å². The minimum Gasteiger partial charge on any atom is -0.329 e. The minimum atomic E-state index is 0.701. The largest absolute Gasteiger partial charge is 0.329 e. The molecule has 0 aromatic heterocycles. The quantitative estimate of drug-likeness (QED) is 0.825. The van der Waals surface area contributed by atoms with Gasteiger partial charge in [-0.3, -0.25) is 4.90 Å². The third kappa shape index (κ3) is 2.89. The van der Waals surface area contributed by atoms with Crippen molar-refractivity contribution in [1.82, 2.24) is 9.80 Å². The Balaban J connectivity index is 1.47. The van der Waals surface area contributed by atoms with Gasteiger partial charge in [-0.25, -0.2) is 0 Å². The van der Waals surface area contributed by atoms with Crippen molar-refractivity contribution in [3.8, 4) is 0 Å². The lowest BCUT2D eigenvalue weighted by Gasteiger charge is -2.42. The zero-order chi connectivity index (χ0) is 12.4. The van der Waals surface area contributed by atoms with Crippen LogP contribution in [0.4, 0.5) is 0 Å². The van der Waals surface area contributed by atoms with Gasteiger partial charge in [0.05, 0.1) is 0 Å². The first-order chi connectivity index (χ1) is 8.88. The van der Waals surface area contributed by atoms with Crippen molar-refractivity contribution in [2.24, 2.45) is 11.7 Å². The molecule has 0 aromatic rings. The SMILES string of the molecule is NCC(C1CC1)N1CCC(N2CCCCC2)CC1. The summed E-state index contributed by atoms with van der Waals surface area (Å²) in [6.45, 7) is 6.17. The Morgan fingerprint density at radius 3 is 2.11 bits per heavy atom. The van der Waals surface area contributed by atoms with Crippen LogP contribution in [0.2, 0.25) is 0 Å². The van der Waals surface area contributed by atoms with E-state index in [1.165, 1.54) is 71.1 Å². The second-order valence-electron chi connectivity index (χ2n) is 6.50. The Hall–Kier alpha value is -0.120. The van der Waals surface area contributed by atoms with Crippen LogP contribution in [-0.4, -0.2) is 54.6 Å². The van der Waals surface area contributed by atoms with Gasteiger partial charge in [0.1, 0.15) is 0 Å². The first-order valence-corrected chi connectivity index (χ1v) is 8.06. The molecule has 0 spiro atoms. The van der Waals surface area contributed by atoms with Gasteiger partial charge in [0.25, 0.3) is 0 Å². The Kier molecular flexibility index (Phi) is 4.22. The van der Waals surface area contributed by atoms with Crippen LogP contribution in [-0.2, 0) is 0 Å². The molecule has 2 saturated heterocycles. The highest BCUT2D eigenvalue weighted by atomic mass is 15.2. The van der Waals surface area contributed by atoms with E-state index in [2.05, 4.69) is 9.80 Å². The summed E-state index contributed by atoms with van der Waals surface area (Å²) in [5.74, 6) is 0.932. The molecule has 1 aliphatic carbocycles. The van der Waals surface area contributed by atoms with Crippen LogP contribution in [0, 0.1) is 5.92 Å². The summed E-state index contributed by atoms with van der Waals surface area (Å²) in [7, 11) is 0. The zero-order valence-electron chi connectivity index (χ0n) is 11.7. The molecular formula is C15H29N3. The summed E-state index contributed by atoms with van der Waals surface area (Å²) >= 11 is 0. The molecule has 3 fully saturated rings. The molecule has 2 aliphatic heterocycles. The van der Waals surface area contributed by atoms with Crippen molar-refractivity contribution in [3.63, 3.8) is 0 Å². The van der Waals surface area contributed by atoms with E-state index in [4.69, 9.17) is 5.73 Å². The molecule has 0 aromatic carbocycles. The van der Waals surface area contributed by atoms with Crippen LogP contribution in [0.3, 0.4) is 0 Å². The molecule has 2 N–H and O–H groups in total. The predicted octanol–water partition coefficient (Wildman–Crippen LogP) is 1.67. The average molecular weight is 251 g/mol. The zero-order valence-corrected chi connectivity index (χ0v) is 11.7. The van der Waals surface area contributed by atoms with E-state index >= 15 is 0 Å². The molecule has 2 heterocycles. The first kappa shape index (κ1) is 12.9. The van der Waals surface area contributed by atoms with Gasteiger partial charge in [0.15, 0.2) is 0 Å². The maximum absolute atomic E-state index is 5.97. The summed E-state index contributed by atoms with van der Waals surface area (Å²) in [5, 5.41) is 0. The fourth-order valence-electron chi connectivity index (χ4n) is 3.99. The van der Waals surface area contributed by atoms with Crippen LogP contribution >= 0.6 is 0 Å². The summed E-state index contributed by atoms with van der Waals surface area (Å²) in [6, 6.07) is 1.58. The van der Waals surface area contributed by atoms with Crippen LogP contribution < -0.4 is 5.73 Å². The van der Waals surface area contributed by atoms with Crippen molar-refractivity contribution in [2.75, 3.05) is 32.7 Å². The molecule has 3 aliphatic rings. The Labute approximate surface area is 112 Å². The molecule has 0 bridgehead atoms. The van der Waals surface area contributed by atoms with Gasteiger partial charge >= 0.3 is 0 Å². The smallest absolute Gasteiger partial charge is 0.0246 e. The lowest BCUT2D eigenvalue weighted by atomic mass is 9.98. The lowest BCUT2D eigenvalue weighted by Crippen LogP contribution is -2.51. The third-order valence-corrected chi connectivity index (χ3v) is 5.28. The maximum Gasteiger partial charge on any atom is 0.0246 e.